The van der Waals surface area contributed by atoms with E-state index in [9.17, 15) is 15.3 Å². The van der Waals surface area contributed by atoms with Crippen LogP contribution in [0.2, 0.25) is 0 Å². The Kier molecular flexibility index (Phi) is 6.20. The van der Waals surface area contributed by atoms with E-state index in [2.05, 4.69) is 29.2 Å². The van der Waals surface area contributed by atoms with Gasteiger partial charge in [-0.2, -0.15) is 0 Å². The zero-order valence-electron chi connectivity index (χ0n) is 14.5. The average Bonchev–Trinajstić information content (AvgIpc) is 2.69. The van der Waals surface area contributed by atoms with Gasteiger partial charge in [-0.3, -0.25) is 4.90 Å². The summed E-state index contributed by atoms with van der Waals surface area (Å²) in [6.45, 7) is 6.20. The lowest BCUT2D eigenvalue weighted by Crippen LogP contribution is -2.34. The van der Waals surface area contributed by atoms with Crippen LogP contribution in [0.1, 0.15) is 50.7 Å². The topological polar surface area (TPSA) is 63.9 Å². The number of likely N-dealkylation sites (tertiary alicyclic amines) is 1. The highest BCUT2D eigenvalue weighted by atomic mass is 16.3. The molecule has 1 fully saturated rings. The van der Waals surface area contributed by atoms with Crippen LogP contribution < -0.4 is 0 Å². The van der Waals surface area contributed by atoms with Crippen LogP contribution in [-0.4, -0.2) is 51.1 Å². The van der Waals surface area contributed by atoms with Crippen molar-refractivity contribution in [2.45, 2.75) is 63.7 Å². The van der Waals surface area contributed by atoms with Crippen molar-refractivity contribution in [2.75, 3.05) is 19.7 Å². The minimum absolute atomic E-state index is 0.142. The number of hydrogen-bond donors (Lipinski definition) is 3. The molecule has 4 heteroatoms. The number of rotatable bonds is 6. The Morgan fingerprint density at radius 3 is 2.35 bits per heavy atom. The van der Waals surface area contributed by atoms with E-state index in [-0.39, 0.29) is 6.61 Å². The molecule has 2 rings (SSSR count). The predicted molar refractivity (Wildman–Crippen MR) is 92.2 cm³/mol. The third-order valence-corrected chi connectivity index (χ3v) is 4.76. The number of hydrogen-bond acceptors (Lipinski definition) is 4. The first-order valence-corrected chi connectivity index (χ1v) is 8.65. The third kappa shape index (κ3) is 6.22. The van der Waals surface area contributed by atoms with Gasteiger partial charge in [-0.05, 0) is 63.6 Å². The lowest BCUT2D eigenvalue weighted by Gasteiger charge is -2.24. The van der Waals surface area contributed by atoms with Gasteiger partial charge in [-0.1, -0.05) is 24.3 Å². The van der Waals surface area contributed by atoms with Gasteiger partial charge in [0.2, 0.25) is 0 Å². The number of aliphatic hydroxyl groups excluding tert-OH is 1. The summed E-state index contributed by atoms with van der Waals surface area (Å²) in [6, 6.07) is 8.59. The maximum absolute atomic E-state index is 10.2. The fourth-order valence-corrected chi connectivity index (χ4v) is 3.07. The van der Waals surface area contributed by atoms with Gasteiger partial charge in [0.1, 0.15) is 0 Å². The molecule has 1 aromatic rings. The van der Waals surface area contributed by atoms with Crippen molar-refractivity contribution in [1.29, 1.82) is 0 Å². The summed E-state index contributed by atoms with van der Waals surface area (Å²) in [5.74, 6) is 0. The highest BCUT2D eigenvalue weighted by molar-refractivity contribution is 5.22. The molecule has 0 unspecified atom stereocenters. The summed E-state index contributed by atoms with van der Waals surface area (Å²) in [6.07, 6.45) is 3.87. The molecule has 1 saturated heterocycles. The molecule has 1 aliphatic heterocycles. The summed E-state index contributed by atoms with van der Waals surface area (Å²) in [7, 11) is 0. The van der Waals surface area contributed by atoms with Gasteiger partial charge in [0, 0.05) is 13.1 Å². The Labute approximate surface area is 139 Å². The van der Waals surface area contributed by atoms with E-state index in [1.807, 2.05) is 13.8 Å². The molecule has 0 saturated carbocycles. The summed E-state index contributed by atoms with van der Waals surface area (Å²) in [4.78, 5) is 2.35. The second-order valence-corrected chi connectivity index (χ2v) is 7.64. The SMILES string of the molecule is CC(C)(O)CCc1ccc(CN2CCC[C@](O)(CO)CC2)cc1. The second-order valence-electron chi connectivity index (χ2n) is 7.64. The smallest absolute Gasteiger partial charge is 0.0890 e. The van der Waals surface area contributed by atoms with E-state index >= 15 is 0 Å². The molecule has 0 aromatic heterocycles. The van der Waals surface area contributed by atoms with Crippen molar-refractivity contribution < 1.29 is 15.3 Å². The van der Waals surface area contributed by atoms with E-state index in [4.69, 9.17) is 0 Å². The van der Waals surface area contributed by atoms with Crippen molar-refractivity contribution in [2.24, 2.45) is 0 Å². The van der Waals surface area contributed by atoms with Gasteiger partial charge in [0.15, 0.2) is 0 Å². The molecular weight excluding hydrogens is 290 g/mol. The highest BCUT2D eigenvalue weighted by Gasteiger charge is 2.29. The van der Waals surface area contributed by atoms with Gasteiger partial charge < -0.3 is 15.3 Å². The minimum Gasteiger partial charge on any atom is -0.393 e. The van der Waals surface area contributed by atoms with Gasteiger partial charge >= 0.3 is 0 Å². The zero-order valence-corrected chi connectivity index (χ0v) is 14.5. The quantitative estimate of drug-likeness (QED) is 0.751. The summed E-state index contributed by atoms with van der Waals surface area (Å²) >= 11 is 0. The van der Waals surface area contributed by atoms with Crippen molar-refractivity contribution >= 4 is 0 Å². The molecule has 1 atom stereocenters. The molecule has 0 aliphatic carbocycles. The van der Waals surface area contributed by atoms with Crippen molar-refractivity contribution in [1.82, 2.24) is 4.90 Å². The largest absolute Gasteiger partial charge is 0.393 e. The predicted octanol–water partition coefficient (Wildman–Crippen LogP) is 2.10. The summed E-state index contributed by atoms with van der Waals surface area (Å²) in [5.41, 5.74) is 1.01. The molecule has 3 N–H and O–H groups in total. The van der Waals surface area contributed by atoms with E-state index in [1.165, 1.54) is 11.1 Å². The van der Waals surface area contributed by atoms with E-state index in [1.54, 1.807) is 0 Å². The third-order valence-electron chi connectivity index (χ3n) is 4.76. The van der Waals surface area contributed by atoms with E-state index in [0.29, 0.717) is 12.8 Å². The van der Waals surface area contributed by atoms with Crippen LogP contribution in [0, 0.1) is 0 Å². The Hall–Kier alpha value is -0.940. The monoisotopic (exact) mass is 321 g/mol. The van der Waals surface area contributed by atoms with Crippen molar-refractivity contribution in [3.05, 3.63) is 35.4 Å². The molecule has 23 heavy (non-hydrogen) atoms. The van der Waals surface area contributed by atoms with Crippen LogP contribution in [0.25, 0.3) is 0 Å². The average molecular weight is 321 g/mol. The molecule has 0 amide bonds. The van der Waals surface area contributed by atoms with Gasteiger partial charge in [-0.25, -0.2) is 0 Å². The second kappa shape index (κ2) is 7.75. The number of nitrogens with zero attached hydrogens (tertiary/aromatic N) is 1. The fourth-order valence-electron chi connectivity index (χ4n) is 3.07. The number of benzene rings is 1. The zero-order chi connectivity index (χ0) is 16.9. The van der Waals surface area contributed by atoms with Crippen LogP contribution in [-0.2, 0) is 13.0 Å². The Bertz CT molecular complexity index is 480. The molecule has 0 bridgehead atoms. The normalized spacial score (nSPS) is 23.7. The van der Waals surface area contributed by atoms with Crippen LogP contribution in [0.3, 0.4) is 0 Å². The Morgan fingerprint density at radius 1 is 1.09 bits per heavy atom. The van der Waals surface area contributed by atoms with E-state index < -0.39 is 11.2 Å². The molecule has 1 aromatic carbocycles. The maximum Gasteiger partial charge on any atom is 0.0890 e. The first-order chi connectivity index (χ1) is 10.8. The molecule has 1 heterocycles. The molecule has 0 radical (unpaired) electrons. The van der Waals surface area contributed by atoms with E-state index in [0.717, 1.165) is 38.9 Å². The first kappa shape index (κ1) is 18.4. The van der Waals surface area contributed by atoms with Crippen molar-refractivity contribution in [3.8, 4) is 0 Å². The summed E-state index contributed by atoms with van der Waals surface area (Å²) < 4.78 is 0. The Balaban J connectivity index is 1.86. The Morgan fingerprint density at radius 2 is 1.74 bits per heavy atom. The highest BCUT2D eigenvalue weighted by Crippen LogP contribution is 2.23. The fraction of sp³-hybridized carbons (Fsp3) is 0.684. The van der Waals surface area contributed by atoms with Gasteiger partial charge in [0.25, 0.3) is 0 Å². The molecular formula is C19H31NO3. The lowest BCUT2D eigenvalue weighted by molar-refractivity contribution is -0.0255. The first-order valence-electron chi connectivity index (χ1n) is 8.65. The van der Waals surface area contributed by atoms with Crippen LogP contribution >= 0.6 is 0 Å². The van der Waals surface area contributed by atoms with Gasteiger partial charge in [0.05, 0.1) is 17.8 Å². The minimum atomic E-state index is -0.893. The van der Waals surface area contributed by atoms with Gasteiger partial charge in [-0.15, -0.1) is 0 Å². The number of aliphatic hydroxyl groups is 3. The summed E-state index contributed by atoms with van der Waals surface area (Å²) in [5, 5.41) is 29.3. The molecule has 1 aliphatic rings. The molecule has 0 spiro atoms. The van der Waals surface area contributed by atoms with Crippen LogP contribution in [0.5, 0.6) is 0 Å². The molecule has 4 nitrogen and oxygen atoms in total. The standard InChI is InChI=1S/C19H31NO3/c1-18(2,22)10-8-16-4-6-17(7-5-16)14-20-12-3-9-19(23,15-21)11-13-20/h4-7,21-23H,3,8-15H2,1-2H3/t19-/m1/s1. The van der Waals surface area contributed by atoms with Crippen molar-refractivity contribution in [3.63, 3.8) is 0 Å². The van der Waals surface area contributed by atoms with Crippen LogP contribution in [0.15, 0.2) is 24.3 Å². The van der Waals surface area contributed by atoms with Crippen LogP contribution in [0.4, 0.5) is 0 Å². The molecule has 130 valence electrons. The maximum atomic E-state index is 10.2. The lowest BCUT2D eigenvalue weighted by atomic mass is 9.96. The number of aryl methyl sites for hydroxylation is 1.